The first kappa shape index (κ1) is 32.0. The molecular weight excluding hydrogens is 268 g/mol. The molecule has 6 nitrogen and oxygen atoms in total. The van der Waals surface area contributed by atoms with Crippen LogP contribution in [0.3, 0.4) is 0 Å². The summed E-state index contributed by atoms with van der Waals surface area (Å²) in [6.45, 7) is 7.91. The maximum absolute atomic E-state index is 10.9. The van der Waals surface area contributed by atoms with Crippen LogP contribution in [0.15, 0.2) is 0 Å². The summed E-state index contributed by atoms with van der Waals surface area (Å²) in [6.07, 6.45) is 0. The van der Waals surface area contributed by atoms with Crippen molar-refractivity contribution in [2.75, 3.05) is 34.9 Å². The number of primary amides is 1. The number of amides is 2. The molecule has 0 heterocycles. The molecule has 0 saturated heterocycles. The maximum Gasteiger partial charge on any atom is 0.223 e. The van der Waals surface area contributed by atoms with E-state index in [-0.39, 0.29) is 38.5 Å². The zero-order chi connectivity index (χ0) is 16.0. The van der Waals surface area contributed by atoms with Crippen molar-refractivity contribution >= 4 is 11.8 Å². The van der Waals surface area contributed by atoms with E-state index < -0.39 is 0 Å². The highest BCUT2D eigenvalue weighted by Crippen LogP contribution is 1.89. The van der Waals surface area contributed by atoms with Gasteiger partial charge in [-0.25, -0.2) is 0 Å². The van der Waals surface area contributed by atoms with Gasteiger partial charge in [-0.05, 0) is 28.2 Å². The van der Waals surface area contributed by atoms with E-state index in [0.29, 0.717) is 6.67 Å². The molecule has 0 radical (unpaired) electrons. The summed E-state index contributed by atoms with van der Waals surface area (Å²) in [5.74, 6) is -0.0614. The van der Waals surface area contributed by atoms with Crippen molar-refractivity contribution in [2.45, 2.75) is 42.5 Å². The van der Waals surface area contributed by atoms with Crippen LogP contribution in [-0.2, 0) is 9.59 Å². The van der Waals surface area contributed by atoms with E-state index in [2.05, 4.69) is 10.6 Å². The largest absolute Gasteiger partial charge is 0.369 e. The zero-order valence-corrected chi connectivity index (χ0v) is 13.7. The lowest BCUT2D eigenvalue weighted by Gasteiger charge is -2.12. The third-order valence-electron chi connectivity index (χ3n) is 1.66. The van der Waals surface area contributed by atoms with Crippen LogP contribution in [0.4, 0.5) is 0 Å². The van der Waals surface area contributed by atoms with Gasteiger partial charge in [-0.3, -0.25) is 14.5 Å². The third-order valence-corrected chi connectivity index (χ3v) is 1.66. The Kier molecular flexibility index (Phi) is 32.2. The van der Waals surface area contributed by atoms with Gasteiger partial charge in [0.05, 0.1) is 6.67 Å². The molecule has 0 atom stereocenters. The van der Waals surface area contributed by atoms with Crippen LogP contribution in [-0.4, -0.2) is 51.6 Å². The van der Waals surface area contributed by atoms with Crippen molar-refractivity contribution < 1.29 is 9.59 Å². The fourth-order valence-corrected chi connectivity index (χ4v) is 0.440. The molecule has 0 aliphatic rings. The Morgan fingerprint density at radius 1 is 1.00 bits per heavy atom. The number of rotatable bonds is 4. The topological polar surface area (TPSA) is 87.5 Å². The van der Waals surface area contributed by atoms with Gasteiger partial charge in [-0.1, -0.05) is 42.5 Å². The lowest BCUT2D eigenvalue weighted by atomic mass is 10.2. The predicted molar refractivity (Wildman–Crippen MR) is 94.0 cm³/mol. The van der Waals surface area contributed by atoms with Crippen LogP contribution in [0.5, 0.6) is 0 Å². The van der Waals surface area contributed by atoms with Crippen LogP contribution in [0.1, 0.15) is 42.5 Å². The van der Waals surface area contributed by atoms with Crippen molar-refractivity contribution in [3.8, 4) is 0 Å². The Hall–Kier alpha value is -1.14. The molecule has 132 valence electrons. The normalized spacial score (nSPS) is 8.52. The van der Waals surface area contributed by atoms with Crippen molar-refractivity contribution in [1.29, 1.82) is 0 Å². The van der Waals surface area contributed by atoms with Crippen LogP contribution < -0.4 is 16.4 Å². The van der Waals surface area contributed by atoms with Gasteiger partial charge in [-0.15, -0.1) is 0 Å². The molecule has 0 bridgehead atoms. The first-order valence-electron chi connectivity index (χ1n) is 6.40. The number of hydrogen-bond acceptors (Lipinski definition) is 4. The molecule has 0 aliphatic carbocycles. The Balaban J connectivity index is -0.0000000673. The van der Waals surface area contributed by atoms with E-state index in [9.17, 15) is 9.59 Å². The van der Waals surface area contributed by atoms with Crippen molar-refractivity contribution in [1.82, 2.24) is 15.5 Å². The Morgan fingerprint density at radius 3 is 1.43 bits per heavy atom. The molecule has 0 saturated carbocycles. The van der Waals surface area contributed by atoms with E-state index in [4.69, 9.17) is 5.73 Å². The summed E-state index contributed by atoms with van der Waals surface area (Å²) in [4.78, 5) is 22.7. The highest BCUT2D eigenvalue weighted by molar-refractivity contribution is 5.77. The highest BCUT2D eigenvalue weighted by Gasteiger charge is 2.04. The molecule has 2 amide bonds. The molecule has 0 aliphatic heterocycles. The van der Waals surface area contributed by atoms with E-state index in [1.54, 1.807) is 13.8 Å². The van der Waals surface area contributed by atoms with E-state index >= 15 is 0 Å². The Labute approximate surface area is 132 Å². The lowest BCUT2D eigenvalue weighted by molar-refractivity contribution is -0.124. The van der Waals surface area contributed by atoms with Crippen molar-refractivity contribution in [2.24, 2.45) is 17.6 Å². The summed E-state index contributed by atoms with van der Waals surface area (Å²) in [6, 6.07) is 0. The predicted octanol–water partition coefficient (Wildman–Crippen LogP) is 1.51. The molecule has 21 heavy (non-hydrogen) atoms. The molecule has 6 heteroatoms. The smallest absolute Gasteiger partial charge is 0.223 e. The van der Waals surface area contributed by atoms with Gasteiger partial charge >= 0.3 is 0 Å². The highest BCUT2D eigenvalue weighted by atomic mass is 16.2. The van der Waals surface area contributed by atoms with Gasteiger partial charge in [0.15, 0.2) is 0 Å². The standard InChI is InChI=1S/C7H16N2O.C4H9NO.C2H7N.2CH4/c1-6(2)7(10)8-5-9(3)4;1-3(2)4(5)6;1-3-2;;/h6H,5H2,1-4H3,(H,8,10);3H,1-2H3,(H2,5,6);3H,1-2H3;2*1H4. The van der Waals surface area contributed by atoms with Crippen LogP contribution in [0.2, 0.25) is 0 Å². The van der Waals surface area contributed by atoms with Gasteiger partial charge in [0, 0.05) is 11.8 Å². The molecule has 0 aromatic rings. The second kappa shape index (κ2) is 21.2. The molecule has 4 N–H and O–H groups in total. The molecule has 0 aromatic carbocycles. The first-order valence-corrected chi connectivity index (χ1v) is 6.40. The maximum atomic E-state index is 10.9. The SMILES string of the molecule is C.C.CC(C)C(=O)NCN(C)C.CC(C)C(N)=O.CNC. The fourth-order valence-electron chi connectivity index (χ4n) is 0.440. The number of carbonyl (C=O) groups excluding carboxylic acids is 2. The molecule has 0 unspecified atom stereocenters. The number of carbonyl (C=O) groups is 2. The second-order valence-electron chi connectivity index (χ2n) is 4.99. The average Bonchev–Trinajstić information content (AvgIpc) is 2.27. The summed E-state index contributed by atoms with van der Waals surface area (Å²) < 4.78 is 0. The molecular formula is C15H40N4O2. The number of nitrogens with zero attached hydrogens (tertiary/aromatic N) is 1. The zero-order valence-electron chi connectivity index (χ0n) is 13.7. The second-order valence-corrected chi connectivity index (χ2v) is 4.99. The Morgan fingerprint density at radius 2 is 1.29 bits per heavy atom. The summed E-state index contributed by atoms with van der Waals surface area (Å²) in [7, 11) is 7.58. The minimum Gasteiger partial charge on any atom is -0.369 e. The molecule has 0 fully saturated rings. The van der Waals surface area contributed by atoms with Crippen LogP contribution in [0.25, 0.3) is 0 Å². The molecule has 0 aromatic heterocycles. The van der Waals surface area contributed by atoms with E-state index in [1.807, 2.05) is 46.9 Å². The Bertz CT molecular complexity index is 230. The van der Waals surface area contributed by atoms with Gasteiger partial charge in [0.1, 0.15) is 0 Å². The summed E-state index contributed by atoms with van der Waals surface area (Å²) >= 11 is 0. The average molecular weight is 309 g/mol. The summed E-state index contributed by atoms with van der Waals surface area (Å²) in [5.41, 5.74) is 4.80. The lowest BCUT2D eigenvalue weighted by Crippen LogP contribution is -2.35. The van der Waals surface area contributed by atoms with Gasteiger partial charge < -0.3 is 16.4 Å². The molecule has 0 spiro atoms. The summed E-state index contributed by atoms with van der Waals surface area (Å²) in [5, 5.41) is 5.52. The van der Waals surface area contributed by atoms with E-state index in [0.717, 1.165) is 0 Å². The van der Waals surface area contributed by atoms with Crippen LogP contribution in [0, 0.1) is 11.8 Å². The van der Waals surface area contributed by atoms with Gasteiger partial charge in [0.2, 0.25) is 11.8 Å². The number of hydrogen-bond donors (Lipinski definition) is 3. The quantitative estimate of drug-likeness (QED) is 0.687. The molecule has 0 rings (SSSR count). The van der Waals surface area contributed by atoms with Gasteiger partial charge in [0.25, 0.3) is 0 Å². The monoisotopic (exact) mass is 308 g/mol. The van der Waals surface area contributed by atoms with E-state index in [1.165, 1.54) is 0 Å². The first-order chi connectivity index (χ1) is 8.59. The van der Waals surface area contributed by atoms with Gasteiger partial charge in [-0.2, -0.15) is 0 Å². The van der Waals surface area contributed by atoms with Crippen molar-refractivity contribution in [3.63, 3.8) is 0 Å². The fraction of sp³-hybridized carbons (Fsp3) is 0.867. The minimum atomic E-state index is -0.241. The number of nitrogens with one attached hydrogen (secondary N) is 2. The van der Waals surface area contributed by atoms with Crippen molar-refractivity contribution in [3.05, 3.63) is 0 Å². The minimum absolute atomic E-state index is 0. The van der Waals surface area contributed by atoms with Crippen LogP contribution >= 0.6 is 0 Å². The third kappa shape index (κ3) is 38.1. The number of nitrogens with two attached hydrogens (primary N) is 1.